The highest BCUT2D eigenvalue weighted by atomic mass is 16.8. The molecule has 6 heterocycles. The van der Waals surface area contributed by atoms with Gasteiger partial charge in [-0.15, -0.1) is 0 Å². The Kier molecular flexibility index (Phi) is 23.8. The summed E-state index contributed by atoms with van der Waals surface area (Å²) in [5.41, 5.74) is 2.16. The fraction of sp³-hybridized carbons (Fsp3) is 0.522. The van der Waals surface area contributed by atoms with Gasteiger partial charge in [-0.05, 0) is 17.7 Å². The van der Waals surface area contributed by atoms with Crippen molar-refractivity contribution in [2.24, 2.45) is 5.92 Å². The fourth-order valence-electron chi connectivity index (χ4n) is 12.0. The summed E-state index contributed by atoms with van der Waals surface area (Å²) >= 11 is 0. The molecule has 4 aromatic carbocycles. The van der Waals surface area contributed by atoms with Crippen LogP contribution in [0.3, 0.4) is 0 Å². The van der Waals surface area contributed by atoms with Crippen LogP contribution in [-0.4, -0.2) is 191 Å². The molecule has 0 bridgehead atoms. The van der Waals surface area contributed by atoms with Gasteiger partial charge in [0.2, 0.25) is 0 Å². The van der Waals surface area contributed by atoms with Crippen molar-refractivity contribution in [3.05, 3.63) is 144 Å². The van der Waals surface area contributed by atoms with Crippen molar-refractivity contribution in [2.45, 2.75) is 191 Å². The van der Waals surface area contributed by atoms with E-state index in [9.17, 15) is 38.4 Å². The van der Waals surface area contributed by atoms with Gasteiger partial charge in [0, 0.05) is 65.5 Å². The molecule has 0 radical (unpaired) electrons. The Labute approximate surface area is 546 Å². The van der Waals surface area contributed by atoms with E-state index in [1.807, 2.05) is 67.6 Å². The van der Waals surface area contributed by atoms with Gasteiger partial charge < -0.3 is 94.7 Å². The topological polar surface area (TPSA) is 321 Å². The average Bonchev–Trinajstić information content (AvgIpc) is 0.755. The van der Waals surface area contributed by atoms with Crippen LogP contribution in [0, 0.1) is 5.92 Å². The number of hydrogen-bond donors (Lipinski definition) is 0. The molecule has 28 heteroatoms. The van der Waals surface area contributed by atoms with E-state index in [1.54, 1.807) is 48.5 Å². The fourth-order valence-corrected chi connectivity index (χ4v) is 12.0. The first-order chi connectivity index (χ1) is 45.7. The van der Waals surface area contributed by atoms with Crippen molar-refractivity contribution in [3.63, 3.8) is 0 Å². The molecule has 6 aliphatic rings. The third kappa shape index (κ3) is 17.8. The lowest BCUT2D eigenvalue weighted by atomic mass is 9.90. The van der Waals surface area contributed by atoms with Crippen molar-refractivity contribution >= 4 is 47.8 Å². The average molecular weight is 1330 g/mol. The first kappa shape index (κ1) is 70.0. The molecule has 95 heavy (non-hydrogen) atoms. The highest BCUT2D eigenvalue weighted by molar-refractivity contribution is 5.89. The third-order valence-corrected chi connectivity index (χ3v) is 16.0. The Balaban J connectivity index is 1.10. The minimum absolute atomic E-state index is 0.0130. The van der Waals surface area contributed by atoms with Gasteiger partial charge in [0.15, 0.2) is 74.4 Å². The molecule has 0 saturated carbocycles. The number of hydrogen-bond acceptors (Lipinski definition) is 28. The molecule has 512 valence electrons. The van der Waals surface area contributed by atoms with Crippen LogP contribution in [0.5, 0.6) is 0 Å². The number of carbonyl (C=O) groups excluding carboxylic acids is 8. The van der Waals surface area contributed by atoms with Crippen LogP contribution in [0.1, 0.15) is 95.0 Å². The number of carbonyl (C=O) groups is 8. The SMILES string of the molecule is CC(=O)OCC1O[C@@H](O[C@@H]2C(OC(C)=O)[C@H](O[C@@H]3C(OC(=O)c4ccccc4)[C@H](O[C@@H]4C(C)[C@H](OCc5ccccc5)OC5COC(c6ccccc6)O[C@H]54)OC4COC(c5ccccc5)O[C@H]43)OC(COC(C)=O)[C@H]2OC(C)=O)C(OC(C)=O)[C@@H](OC(C)=O)[C@@H]1OC(C)=O. The molecular weight excluding hydrogens is 1250 g/mol. The van der Waals surface area contributed by atoms with Gasteiger partial charge in [-0.1, -0.05) is 116 Å². The third-order valence-electron chi connectivity index (χ3n) is 16.0. The van der Waals surface area contributed by atoms with Gasteiger partial charge in [0.05, 0.1) is 31.5 Å². The summed E-state index contributed by atoms with van der Waals surface area (Å²) in [4.78, 5) is 106. The molecule has 0 spiro atoms. The van der Waals surface area contributed by atoms with Crippen LogP contribution < -0.4 is 0 Å². The Morgan fingerprint density at radius 1 is 0.379 bits per heavy atom. The number of ether oxygens (including phenoxy) is 20. The van der Waals surface area contributed by atoms with Gasteiger partial charge in [0.1, 0.15) is 62.0 Å². The maximum atomic E-state index is 14.9. The van der Waals surface area contributed by atoms with Gasteiger partial charge >= 0.3 is 47.8 Å². The zero-order valence-corrected chi connectivity index (χ0v) is 53.2. The zero-order chi connectivity index (χ0) is 67.4. The van der Waals surface area contributed by atoms with Crippen LogP contribution in [-0.2, 0) is 135 Å². The number of benzene rings is 4. The van der Waals surface area contributed by atoms with Crippen LogP contribution in [0.25, 0.3) is 0 Å². The van der Waals surface area contributed by atoms with E-state index < -0.39 is 196 Å². The van der Waals surface area contributed by atoms with E-state index in [0.717, 1.165) is 54.0 Å². The molecule has 4 aromatic rings. The van der Waals surface area contributed by atoms with Crippen LogP contribution >= 0.6 is 0 Å². The largest absolute Gasteiger partial charge is 0.463 e. The lowest BCUT2D eigenvalue weighted by Crippen LogP contribution is -2.70. The molecule has 6 fully saturated rings. The Morgan fingerprint density at radius 3 is 1.24 bits per heavy atom. The molecule has 10 unspecified atom stereocenters. The quantitative estimate of drug-likeness (QED) is 0.0727. The van der Waals surface area contributed by atoms with Crippen molar-refractivity contribution in [1.82, 2.24) is 0 Å². The van der Waals surface area contributed by atoms with Crippen LogP contribution in [0.2, 0.25) is 0 Å². The van der Waals surface area contributed by atoms with Crippen molar-refractivity contribution < 1.29 is 133 Å². The second-order valence-corrected chi connectivity index (χ2v) is 23.2. The van der Waals surface area contributed by atoms with E-state index >= 15 is 0 Å². The summed E-state index contributed by atoms with van der Waals surface area (Å²) in [6.45, 7) is 7.61. The summed E-state index contributed by atoms with van der Waals surface area (Å²) in [7, 11) is 0. The molecule has 22 atom stereocenters. The molecule has 6 saturated heterocycles. The molecule has 0 N–H and O–H groups in total. The molecule has 0 aliphatic carbocycles. The minimum atomic E-state index is -2.04. The Bertz CT molecular complexity index is 3250. The summed E-state index contributed by atoms with van der Waals surface area (Å²) < 4.78 is 127. The molecular formula is C67H76O28. The highest BCUT2D eigenvalue weighted by Gasteiger charge is 2.62. The first-order valence-corrected chi connectivity index (χ1v) is 30.9. The summed E-state index contributed by atoms with van der Waals surface area (Å²) in [5.74, 6) is -8.19. The smallest absolute Gasteiger partial charge is 0.338 e. The predicted molar refractivity (Wildman–Crippen MR) is 316 cm³/mol. The standard InChI is InChI=1S/C67H76O28/c1-34-50(51-48(32-79-63(92-51)44-25-17-11-18-26-44)86-62(34)78-29-42-21-13-9-14-22-42)91-67-60(90-61(75)43-23-15-10-16-24-43)57(54-49(89-67)33-80-64(93-54)45-27-19-12-20-28-45)95-66-59(85-41(8)74)56(53(82-38(5)71)47(88-66)31-77-36(3)69)94-65-58(84-40(7)73)55(83-39(6)72)52(81-37(4)70)46(87-65)30-76-35(2)68/h9-28,34,46-60,62-67H,29-33H2,1-8H3/t34?,46?,47?,48?,49?,50-,51-,52-,53-,54-,55+,56+,57+,58?,59?,60?,62-,63?,64?,65+,66+,67+/m1/s1. The normalized spacial score (nSPS) is 33.5. The van der Waals surface area contributed by atoms with Crippen LogP contribution in [0.4, 0.5) is 0 Å². The minimum Gasteiger partial charge on any atom is -0.463 e. The zero-order valence-electron chi connectivity index (χ0n) is 53.2. The first-order valence-electron chi connectivity index (χ1n) is 30.9. The van der Waals surface area contributed by atoms with Gasteiger partial charge in [-0.2, -0.15) is 0 Å². The van der Waals surface area contributed by atoms with Crippen molar-refractivity contribution in [3.8, 4) is 0 Å². The maximum absolute atomic E-state index is 14.9. The van der Waals surface area contributed by atoms with E-state index in [4.69, 9.17) is 94.7 Å². The summed E-state index contributed by atoms with van der Waals surface area (Å²) in [6, 6.07) is 35.5. The maximum Gasteiger partial charge on any atom is 0.338 e. The second kappa shape index (κ2) is 32.3. The van der Waals surface area contributed by atoms with Crippen molar-refractivity contribution in [1.29, 1.82) is 0 Å². The van der Waals surface area contributed by atoms with E-state index in [0.29, 0.717) is 11.1 Å². The molecule has 6 aliphatic heterocycles. The lowest BCUT2D eigenvalue weighted by Gasteiger charge is -2.53. The highest BCUT2D eigenvalue weighted by Crippen LogP contribution is 2.44. The Hall–Kier alpha value is -7.84. The van der Waals surface area contributed by atoms with Crippen LogP contribution in [0.15, 0.2) is 121 Å². The van der Waals surface area contributed by atoms with Gasteiger partial charge in [0.25, 0.3) is 0 Å². The second-order valence-electron chi connectivity index (χ2n) is 23.2. The number of fused-ring (bicyclic) bond motifs is 2. The van der Waals surface area contributed by atoms with E-state index in [2.05, 4.69) is 0 Å². The predicted octanol–water partition coefficient (Wildman–Crippen LogP) is 5.13. The molecule has 0 aromatic heterocycles. The van der Waals surface area contributed by atoms with Crippen molar-refractivity contribution in [2.75, 3.05) is 26.4 Å². The van der Waals surface area contributed by atoms with Gasteiger partial charge in [-0.25, -0.2) is 4.79 Å². The van der Waals surface area contributed by atoms with E-state index in [-0.39, 0.29) is 25.4 Å². The monoisotopic (exact) mass is 1330 g/mol. The number of esters is 8. The number of rotatable bonds is 22. The summed E-state index contributed by atoms with van der Waals surface area (Å²) in [6.07, 6.45) is -31.9. The molecule has 28 nitrogen and oxygen atoms in total. The molecule has 10 rings (SSSR count). The van der Waals surface area contributed by atoms with Gasteiger partial charge in [-0.3, -0.25) is 33.6 Å². The Morgan fingerprint density at radius 2 is 0.758 bits per heavy atom. The molecule has 0 amide bonds. The lowest BCUT2D eigenvalue weighted by molar-refractivity contribution is -0.415. The van der Waals surface area contributed by atoms with E-state index in [1.165, 1.54) is 12.1 Å². The summed E-state index contributed by atoms with van der Waals surface area (Å²) in [5, 5.41) is 0.